The molecule has 6 nitrogen and oxygen atoms in total. The Labute approximate surface area is 430 Å². The summed E-state index contributed by atoms with van der Waals surface area (Å²) in [5.74, 6) is 0. The molecule has 4 aromatic heterocycles. The number of hydrogen-bond donors (Lipinski definition) is 0. The highest BCUT2D eigenvalue weighted by molar-refractivity contribution is 5.87. The van der Waals surface area contributed by atoms with Gasteiger partial charge in [0.05, 0.1) is 22.8 Å². The molecule has 9 aromatic carbocycles. The standard InChI is InChI=1S/C68H48N6/c1-5-17-55(18-6-1)67-65(69-63-25-13-15-47-71(63)67)53-35-43-61(44-36-53)73(57-21-9-3-10-22-57)59-39-31-51(32-40-59)49-27-29-50(30-28-49)52-33-41-60(42-34-52)74(58-23-11-4-12-24-58)62-45-37-54(38-46-62)66-68(56-19-7-2-8-20-56)72-48-16-14-26-64(72)70-66/h1-48H. The van der Waals surface area contributed by atoms with E-state index < -0.39 is 0 Å². The largest absolute Gasteiger partial charge is 0.311 e. The summed E-state index contributed by atoms with van der Waals surface area (Å²) in [6.45, 7) is 0. The molecule has 0 aliphatic rings. The summed E-state index contributed by atoms with van der Waals surface area (Å²) in [6, 6.07) is 98.6. The fourth-order valence-electron chi connectivity index (χ4n) is 10.2. The summed E-state index contributed by atoms with van der Waals surface area (Å²) in [7, 11) is 0. The van der Waals surface area contributed by atoms with Crippen molar-refractivity contribution >= 4 is 45.4 Å². The maximum atomic E-state index is 5.11. The van der Waals surface area contributed by atoms with E-state index in [0.29, 0.717) is 0 Å². The normalized spacial score (nSPS) is 11.2. The predicted molar refractivity (Wildman–Crippen MR) is 306 cm³/mol. The van der Waals surface area contributed by atoms with Crippen LogP contribution in [0.3, 0.4) is 0 Å². The maximum Gasteiger partial charge on any atom is 0.137 e. The molecule has 0 amide bonds. The van der Waals surface area contributed by atoms with Gasteiger partial charge in [-0.1, -0.05) is 182 Å². The minimum atomic E-state index is 0.921. The Morgan fingerprint density at radius 2 is 0.473 bits per heavy atom. The van der Waals surface area contributed by atoms with Crippen LogP contribution in [-0.4, -0.2) is 18.8 Å². The van der Waals surface area contributed by atoms with Gasteiger partial charge in [0.2, 0.25) is 0 Å². The zero-order valence-corrected chi connectivity index (χ0v) is 40.4. The van der Waals surface area contributed by atoms with Crippen LogP contribution in [0.2, 0.25) is 0 Å². The Morgan fingerprint density at radius 1 is 0.216 bits per heavy atom. The lowest BCUT2D eigenvalue weighted by Gasteiger charge is -2.26. The molecule has 4 heterocycles. The number of hydrogen-bond acceptors (Lipinski definition) is 4. The van der Waals surface area contributed by atoms with E-state index in [1.54, 1.807) is 0 Å². The van der Waals surface area contributed by atoms with Gasteiger partial charge in [0.1, 0.15) is 11.3 Å². The molecule has 350 valence electrons. The van der Waals surface area contributed by atoms with Gasteiger partial charge < -0.3 is 9.80 Å². The highest BCUT2D eigenvalue weighted by Crippen LogP contribution is 2.41. The van der Waals surface area contributed by atoms with E-state index in [9.17, 15) is 0 Å². The van der Waals surface area contributed by atoms with E-state index in [1.165, 1.54) is 0 Å². The molecular weight excluding hydrogens is 901 g/mol. The predicted octanol–water partition coefficient (Wildman–Crippen LogP) is 17.9. The Morgan fingerprint density at radius 3 is 0.797 bits per heavy atom. The summed E-state index contributed by atoms with van der Waals surface area (Å²) >= 11 is 0. The van der Waals surface area contributed by atoms with Crippen LogP contribution < -0.4 is 9.80 Å². The molecule has 0 aliphatic carbocycles. The number of nitrogens with zero attached hydrogens (tertiary/aromatic N) is 6. The second-order valence-electron chi connectivity index (χ2n) is 18.3. The number of aromatic nitrogens is 4. The molecule has 0 unspecified atom stereocenters. The third-order valence-corrected chi connectivity index (χ3v) is 13.8. The average molecular weight is 949 g/mol. The van der Waals surface area contributed by atoms with Crippen LogP contribution in [0.15, 0.2) is 291 Å². The minimum Gasteiger partial charge on any atom is -0.311 e. The molecule has 74 heavy (non-hydrogen) atoms. The minimum absolute atomic E-state index is 0.921. The molecule has 0 atom stereocenters. The first-order valence-electron chi connectivity index (χ1n) is 25.0. The molecule has 0 radical (unpaired) electrons. The highest BCUT2D eigenvalue weighted by atomic mass is 15.1. The number of para-hydroxylation sites is 2. The number of anilines is 6. The lowest BCUT2D eigenvalue weighted by Crippen LogP contribution is -2.09. The third kappa shape index (κ3) is 8.36. The van der Waals surface area contributed by atoms with Crippen LogP contribution in [0.4, 0.5) is 34.1 Å². The van der Waals surface area contributed by atoms with Gasteiger partial charge in [-0.05, 0) is 119 Å². The molecule has 0 saturated heterocycles. The molecule has 0 saturated carbocycles. The second-order valence-corrected chi connectivity index (χ2v) is 18.3. The van der Waals surface area contributed by atoms with Crippen molar-refractivity contribution in [2.45, 2.75) is 0 Å². The number of rotatable bonds is 12. The summed E-state index contributed by atoms with van der Waals surface area (Å²) in [5.41, 5.74) is 21.4. The van der Waals surface area contributed by atoms with Crippen molar-refractivity contribution in [2.24, 2.45) is 0 Å². The van der Waals surface area contributed by atoms with Crippen LogP contribution in [0.5, 0.6) is 0 Å². The zero-order valence-electron chi connectivity index (χ0n) is 40.4. The van der Waals surface area contributed by atoms with Crippen molar-refractivity contribution in [1.82, 2.24) is 18.8 Å². The lowest BCUT2D eigenvalue weighted by molar-refractivity contribution is 1.19. The van der Waals surface area contributed by atoms with E-state index in [-0.39, 0.29) is 0 Å². The van der Waals surface area contributed by atoms with Crippen LogP contribution >= 0.6 is 0 Å². The first-order chi connectivity index (χ1) is 36.7. The van der Waals surface area contributed by atoms with Gasteiger partial charge in [-0.15, -0.1) is 0 Å². The maximum absolute atomic E-state index is 5.11. The topological polar surface area (TPSA) is 41.1 Å². The molecule has 0 fully saturated rings. The Balaban J connectivity index is 0.753. The molecule has 0 aliphatic heterocycles. The van der Waals surface area contributed by atoms with Crippen molar-refractivity contribution in [3.63, 3.8) is 0 Å². The van der Waals surface area contributed by atoms with Gasteiger partial charge in [-0.3, -0.25) is 8.80 Å². The molecule has 6 heteroatoms. The number of fused-ring (bicyclic) bond motifs is 2. The van der Waals surface area contributed by atoms with Crippen molar-refractivity contribution in [2.75, 3.05) is 9.80 Å². The van der Waals surface area contributed by atoms with Gasteiger partial charge in [-0.2, -0.15) is 0 Å². The zero-order chi connectivity index (χ0) is 49.2. The van der Waals surface area contributed by atoms with Crippen LogP contribution in [0.25, 0.3) is 78.6 Å². The van der Waals surface area contributed by atoms with E-state index in [0.717, 1.165) is 113 Å². The number of imidazole rings is 2. The van der Waals surface area contributed by atoms with E-state index >= 15 is 0 Å². The smallest absolute Gasteiger partial charge is 0.137 e. The van der Waals surface area contributed by atoms with Gasteiger partial charge in [0, 0.05) is 68.8 Å². The van der Waals surface area contributed by atoms with Crippen LogP contribution in [-0.2, 0) is 0 Å². The molecule has 13 aromatic rings. The molecular formula is C68H48N6. The molecule has 0 bridgehead atoms. The molecule has 0 spiro atoms. The van der Waals surface area contributed by atoms with Gasteiger partial charge in [0.15, 0.2) is 0 Å². The van der Waals surface area contributed by atoms with Crippen LogP contribution in [0.1, 0.15) is 0 Å². The Bertz CT molecular complexity index is 3740. The van der Waals surface area contributed by atoms with Crippen molar-refractivity contribution < 1.29 is 0 Å². The summed E-state index contributed by atoms with van der Waals surface area (Å²) in [4.78, 5) is 14.8. The van der Waals surface area contributed by atoms with E-state index in [2.05, 4.69) is 298 Å². The van der Waals surface area contributed by atoms with Crippen molar-refractivity contribution in [3.05, 3.63) is 291 Å². The Kier molecular flexibility index (Phi) is 11.4. The molecule has 13 rings (SSSR count). The number of pyridine rings is 2. The number of benzene rings is 9. The fraction of sp³-hybridized carbons (Fsp3) is 0. The summed E-state index contributed by atoms with van der Waals surface area (Å²) < 4.78 is 4.35. The summed E-state index contributed by atoms with van der Waals surface area (Å²) in [6.07, 6.45) is 4.17. The van der Waals surface area contributed by atoms with Crippen LogP contribution in [0, 0.1) is 0 Å². The SMILES string of the molecule is c1ccc(-c2c(-c3ccc(N(c4ccccc4)c4ccc(-c5ccc(-c6ccc(N(c7ccccc7)c7ccc(-c8nc9ccccn9c8-c8ccccc8)cc7)cc6)cc5)cc4)cc3)nc3ccccn23)cc1. The highest BCUT2D eigenvalue weighted by Gasteiger charge is 2.20. The molecule has 0 N–H and O–H groups in total. The van der Waals surface area contributed by atoms with Crippen molar-refractivity contribution in [3.8, 4) is 67.3 Å². The quantitative estimate of drug-likeness (QED) is 0.122. The van der Waals surface area contributed by atoms with E-state index in [1.807, 2.05) is 12.1 Å². The first kappa shape index (κ1) is 43.9. The third-order valence-electron chi connectivity index (χ3n) is 13.8. The monoisotopic (exact) mass is 948 g/mol. The van der Waals surface area contributed by atoms with Gasteiger partial charge in [-0.25, -0.2) is 9.97 Å². The average Bonchev–Trinajstić information content (AvgIpc) is 4.07. The lowest BCUT2D eigenvalue weighted by atomic mass is 9.99. The summed E-state index contributed by atoms with van der Waals surface area (Å²) in [5, 5.41) is 0. The fourth-order valence-corrected chi connectivity index (χ4v) is 10.2. The van der Waals surface area contributed by atoms with E-state index in [4.69, 9.17) is 9.97 Å². The van der Waals surface area contributed by atoms with Gasteiger partial charge >= 0.3 is 0 Å². The Hall–Kier alpha value is -10.0. The van der Waals surface area contributed by atoms with Crippen molar-refractivity contribution in [1.29, 1.82) is 0 Å². The van der Waals surface area contributed by atoms with Gasteiger partial charge in [0.25, 0.3) is 0 Å². The first-order valence-corrected chi connectivity index (χ1v) is 25.0. The second kappa shape index (κ2) is 19.3.